The molecule has 3 rings (SSSR count). The molecule has 0 bridgehead atoms. The van der Waals surface area contributed by atoms with Crippen molar-refractivity contribution < 1.29 is 28.8 Å². The molecule has 0 aromatic heterocycles. The van der Waals surface area contributed by atoms with Crippen LogP contribution < -0.4 is 5.32 Å². The lowest BCUT2D eigenvalue weighted by Crippen LogP contribution is -2.43. The summed E-state index contributed by atoms with van der Waals surface area (Å²) in [6.45, 7) is 7.14. The van der Waals surface area contributed by atoms with E-state index in [4.69, 9.17) is 9.47 Å². The molecule has 176 valence electrons. The van der Waals surface area contributed by atoms with Gasteiger partial charge in [0.2, 0.25) is 0 Å². The predicted molar refractivity (Wildman–Crippen MR) is 119 cm³/mol. The number of hydrogen-bond acceptors (Lipinski definition) is 8. The largest absolute Gasteiger partial charge is 0.468 e. The number of benzene rings is 1. The number of carbonyl (C=O) groups is 3. The molecule has 9 heteroatoms. The highest BCUT2D eigenvalue weighted by atomic mass is 16.6. The molecule has 33 heavy (non-hydrogen) atoms. The van der Waals surface area contributed by atoms with Crippen LogP contribution in [0.4, 0.5) is 5.69 Å². The van der Waals surface area contributed by atoms with E-state index in [-0.39, 0.29) is 28.9 Å². The summed E-state index contributed by atoms with van der Waals surface area (Å²) < 4.78 is 10.4. The standard InChI is InChI=1S/C24H28N2O7/c1-6-13(3)33-24(29)19-14(4)25-17-10-12(2)18(23(28)32-5)22(27)21(17)20(19)15-8-7-9-16(11-15)26(30)31/h7-9,11-13,18,20,25H,6,10H2,1-5H3. The van der Waals surface area contributed by atoms with Crippen molar-refractivity contribution in [1.29, 1.82) is 0 Å². The number of ether oxygens (including phenoxy) is 2. The Kier molecular flexibility index (Phi) is 7.00. The van der Waals surface area contributed by atoms with Crippen molar-refractivity contribution in [3.63, 3.8) is 0 Å². The Bertz CT molecular complexity index is 1070. The zero-order valence-corrected chi connectivity index (χ0v) is 19.3. The van der Waals surface area contributed by atoms with E-state index in [9.17, 15) is 24.5 Å². The number of nitrogens with zero attached hydrogens (tertiary/aromatic N) is 1. The third-order valence-electron chi connectivity index (χ3n) is 6.26. The second-order valence-corrected chi connectivity index (χ2v) is 8.51. The van der Waals surface area contributed by atoms with Gasteiger partial charge in [-0.15, -0.1) is 0 Å². The lowest BCUT2D eigenvalue weighted by molar-refractivity contribution is -0.384. The Morgan fingerprint density at radius 1 is 1.33 bits per heavy atom. The Morgan fingerprint density at radius 3 is 2.64 bits per heavy atom. The molecule has 1 heterocycles. The van der Waals surface area contributed by atoms with E-state index in [1.165, 1.54) is 25.3 Å². The highest BCUT2D eigenvalue weighted by molar-refractivity contribution is 6.12. The fourth-order valence-electron chi connectivity index (χ4n) is 4.43. The maximum atomic E-state index is 13.6. The average Bonchev–Trinajstić information content (AvgIpc) is 2.77. The van der Waals surface area contributed by atoms with Crippen LogP contribution in [-0.4, -0.2) is 35.9 Å². The number of allylic oxidation sites excluding steroid dienone is 3. The summed E-state index contributed by atoms with van der Waals surface area (Å²) in [6.07, 6.45) is 0.628. The summed E-state index contributed by atoms with van der Waals surface area (Å²) in [5, 5.41) is 14.6. The molecule has 0 spiro atoms. The number of Topliss-reactive ketones (excluding diaryl/α,β-unsaturated/α-hetero) is 1. The van der Waals surface area contributed by atoms with Gasteiger partial charge in [-0.3, -0.25) is 19.7 Å². The second kappa shape index (κ2) is 9.56. The van der Waals surface area contributed by atoms with E-state index < -0.39 is 34.5 Å². The first-order valence-electron chi connectivity index (χ1n) is 10.9. The molecule has 1 aliphatic heterocycles. The van der Waals surface area contributed by atoms with Gasteiger partial charge in [-0.25, -0.2) is 4.79 Å². The molecule has 9 nitrogen and oxygen atoms in total. The van der Waals surface area contributed by atoms with E-state index in [0.29, 0.717) is 29.8 Å². The van der Waals surface area contributed by atoms with Crippen LogP contribution in [0.1, 0.15) is 52.0 Å². The van der Waals surface area contributed by atoms with Gasteiger partial charge in [-0.05, 0) is 38.2 Å². The van der Waals surface area contributed by atoms with Gasteiger partial charge in [-0.2, -0.15) is 0 Å². The first-order chi connectivity index (χ1) is 15.6. The topological polar surface area (TPSA) is 125 Å². The summed E-state index contributed by atoms with van der Waals surface area (Å²) in [7, 11) is 1.22. The number of hydrogen-bond donors (Lipinski definition) is 1. The minimum atomic E-state index is -1.03. The fraction of sp³-hybridized carbons (Fsp3) is 0.458. The Balaban J connectivity index is 2.20. The highest BCUT2D eigenvalue weighted by Gasteiger charge is 2.47. The molecular weight excluding hydrogens is 428 g/mol. The Labute approximate surface area is 192 Å². The van der Waals surface area contributed by atoms with Gasteiger partial charge in [0.25, 0.3) is 5.69 Å². The Morgan fingerprint density at radius 2 is 2.03 bits per heavy atom. The number of methoxy groups -OCH3 is 1. The van der Waals surface area contributed by atoms with Crippen molar-refractivity contribution >= 4 is 23.4 Å². The van der Waals surface area contributed by atoms with Crippen molar-refractivity contribution in [3.8, 4) is 0 Å². The van der Waals surface area contributed by atoms with E-state index in [0.717, 1.165) is 0 Å². The maximum absolute atomic E-state index is 13.6. The zero-order valence-electron chi connectivity index (χ0n) is 19.3. The summed E-state index contributed by atoms with van der Waals surface area (Å²) >= 11 is 0. The molecule has 1 aliphatic carbocycles. The van der Waals surface area contributed by atoms with Gasteiger partial charge < -0.3 is 14.8 Å². The minimum absolute atomic E-state index is 0.165. The van der Waals surface area contributed by atoms with Crippen LogP contribution in [0, 0.1) is 22.0 Å². The quantitative estimate of drug-likeness (QED) is 0.298. The Hall–Kier alpha value is -3.49. The van der Waals surface area contributed by atoms with Crippen LogP contribution in [-0.2, 0) is 23.9 Å². The number of non-ortho nitro benzene ring substituents is 1. The van der Waals surface area contributed by atoms with Crippen LogP contribution in [0.5, 0.6) is 0 Å². The van der Waals surface area contributed by atoms with Gasteiger partial charge in [0, 0.05) is 35.0 Å². The average molecular weight is 456 g/mol. The molecule has 1 aromatic rings. The second-order valence-electron chi connectivity index (χ2n) is 8.51. The van der Waals surface area contributed by atoms with Crippen LogP contribution in [0.3, 0.4) is 0 Å². The van der Waals surface area contributed by atoms with Crippen LogP contribution in [0.2, 0.25) is 0 Å². The number of nitrogens with one attached hydrogen (secondary N) is 1. The summed E-state index contributed by atoms with van der Waals surface area (Å²) in [5.74, 6) is -3.97. The molecule has 0 saturated carbocycles. The SMILES string of the molecule is CCC(C)OC(=O)C1=C(C)NC2=C(C(=O)C(C(=O)OC)C(C)C2)C1c1cccc([N+](=O)[O-])c1. The van der Waals surface area contributed by atoms with Gasteiger partial charge in [0.05, 0.1) is 23.7 Å². The van der Waals surface area contributed by atoms with Gasteiger partial charge in [0.1, 0.15) is 5.92 Å². The third-order valence-corrected chi connectivity index (χ3v) is 6.26. The lowest BCUT2D eigenvalue weighted by atomic mass is 9.69. The van der Waals surface area contributed by atoms with Crippen LogP contribution in [0.15, 0.2) is 46.8 Å². The predicted octanol–water partition coefficient (Wildman–Crippen LogP) is 3.55. The van der Waals surface area contributed by atoms with E-state index >= 15 is 0 Å². The zero-order chi connectivity index (χ0) is 24.4. The van der Waals surface area contributed by atoms with Gasteiger partial charge in [0.15, 0.2) is 5.78 Å². The lowest BCUT2D eigenvalue weighted by Gasteiger charge is -2.38. The number of ketones is 1. The number of esters is 2. The monoisotopic (exact) mass is 456 g/mol. The number of carbonyl (C=O) groups excluding carboxylic acids is 3. The van der Waals surface area contributed by atoms with Crippen molar-refractivity contribution in [2.45, 2.75) is 52.6 Å². The molecule has 4 atom stereocenters. The molecule has 0 amide bonds. The number of dihydropyridines is 1. The fourth-order valence-corrected chi connectivity index (χ4v) is 4.43. The van der Waals surface area contributed by atoms with Crippen molar-refractivity contribution in [3.05, 3.63) is 62.5 Å². The van der Waals surface area contributed by atoms with Crippen molar-refractivity contribution in [2.75, 3.05) is 7.11 Å². The third kappa shape index (κ3) is 4.53. The first-order valence-corrected chi connectivity index (χ1v) is 10.9. The summed E-state index contributed by atoms with van der Waals surface area (Å²) in [5.41, 5.74) is 1.78. The molecular formula is C24H28N2O7. The summed E-state index contributed by atoms with van der Waals surface area (Å²) in [6, 6.07) is 5.84. The normalized spacial score (nSPS) is 23.4. The highest BCUT2D eigenvalue weighted by Crippen LogP contribution is 2.46. The minimum Gasteiger partial charge on any atom is -0.468 e. The number of nitro groups is 1. The van der Waals surface area contributed by atoms with Gasteiger partial charge in [-0.1, -0.05) is 26.0 Å². The molecule has 1 N–H and O–H groups in total. The van der Waals surface area contributed by atoms with Crippen molar-refractivity contribution in [1.82, 2.24) is 5.32 Å². The van der Waals surface area contributed by atoms with Gasteiger partial charge >= 0.3 is 11.9 Å². The van der Waals surface area contributed by atoms with E-state index in [1.807, 2.05) is 6.92 Å². The van der Waals surface area contributed by atoms with Crippen LogP contribution in [0.25, 0.3) is 0 Å². The van der Waals surface area contributed by atoms with E-state index in [2.05, 4.69) is 5.32 Å². The first kappa shape index (κ1) is 24.2. The molecule has 0 fully saturated rings. The molecule has 0 saturated heterocycles. The number of nitro benzene ring substituents is 1. The smallest absolute Gasteiger partial charge is 0.337 e. The molecule has 4 unspecified atom stereocenters. The number of rotatable bonds is 6. The summed E-state index contributed by atoms with van der Waals surface area (Å²) in [4.78, 5) is 50.2. The van der Waals surface area contributed by atoms with E-state index in [1.54, 1.807) is 26.8 Å². The maximum Gasteiger partial charge on any atom is 0.337 e. The molecule has 2 aliphatic rings. The van der Waals surface area contributed by atoms with Crippen molar-refractivity contribution in [2.24, 2.45) is 11.8 Å². The van der Waals surface area contributed by atoms with Crippen LogP contribution >= 0.6 is 0 Å². The molecule has 0 radical (unpaired) electrons. The molecule has 1 aromatic carbocycles.